The van der Waals surface area contributed by atoms with E-state index in [0.717, 1.165) is 0 Å². The van der Waals surface area contributed by atoms with Crippen LogP contribution in [0.4, 0.5) is 0 Å². The van der Waals surface area contributed by atoms with Crippen molar-refractivity contribution in [3.63, 3.8) is 0 Å². The number of nitrogens with two attached hydrogens (primary N) is 1. The summed E-state index contributed by atoms with van der Waals surface area (Å²) in [6, 6.07) is 3.19. The number of rotatable bonds is 3. The first-order valence-electron chi connectivity index (χ1n) is 5.87. The molecule has 18 heavy (non-hydrogen) atoms. The molecule has 0 radical (unpaired) electrons. The van der Waals surface area contributed by atoms with E-state index in [-0.39, 0.29) is 4.90 Å². The van der Waals surface area contributed by atoms with Crippen molar-refractivity contribution < 1.29 is 13.2 Å². The molecule has 6 nitrogen and oxygen atoms in total. The lowest BCUT2D eigenvalue weighted by atomic mass is 10.4. The summed E-state index contributed by atoms with van der Waals surface area (Å²) in [5, 5.41) is 0. The van der Waals surface area contributed by atoms with Gasteiger partial charge >= 0.3 is 0 Å². The van der Waals surface area contributed by atoms with E-state index in [4.69, 9.17) is 10.5 Å². The van der Waals surface area contributed by atoms with Gasteiger partial charge in [-0.3, -0.25) is 4.98 Å². The Morgan fingerprint density at radius 1 is 1.33 bits per heavy atom. The second-order valence-corrected chi connectivity index (χ2v) is 6.00. The SMILES string of the molecule is NCc1ccc(S(=O)(=O)N2CCCOCC2)cn1. The third-order valence-electron chi connectivity index (χ3n) is 2.83. The van der Waals surface area contributed by atoms with Crippen molar-refractivity contribution in [3.8, 4) is 0 Å². The number of hydrogen-bond donors (Lipinski definition) is 1. The number of nitrogens with zero attached hydrogens (tertiary/aromatic N) is 2. The van der Waals surface area contributed by atoms with Gasteiger partial charge in [0.15, 0.2) is 0 Å². The summed E-state index contributed by atoms with van der Waals surface area (Å²) in [4.78, 5) is 4.23. The van der Waals surface area contributed by atoms with Crippen LogP contribution in [0.15, 0.2) is 23.2 Å². The Morgan fingerprint density at radius 2 is 2.17 bits per heavy atom. The standard InChI is InChI=1S/C11H17N3O3S/c12-8-10-2-3-11(9-13-10)18(15,16)14-4-1-6-17-7-5-14/h2-3,9H,1,4-8,12H2. The summed E-state index contributed by atoms with van der Waals surface area (Å²) in [7, 11) is -3.46. The molecular formula is C11H17N3O3S. The molecular weight excluding hydrogens is 254 g/mol. The fraction of sp³-hybridized carbons (Fsp3) is 0.545. The maximum absolute atomic E-state index is 12.3. The highest BCUT2D eigenvalue weighted by Crippen LogP contribution is 2.16. The Hall–Kier alpha value is -1.02. The molecule has 1 aromatic heterocycles. The van der Waals surface area contributed by atoms with Gasteiger partial charge in [0.2, 0.25) is 10.0 Å². The topological polar surface area (TPSA) is 85.5 Å². The maximum Gasteiger partial charge on any atom is 0.244 e. The van der Waals surface area contributed by atoms with Crippen molar-refractivity contribution in [2.75, 3.05) is 26.3 Å². The predicted octanol–water partition coefficient (Wildman–Crippen LogP) is -0.0487. The molecule has 100 valence electrons. The maximum atomic E-state index is 12.3. The largest absolute Gasteiger partial charge is 0.380 e. The first-order chi connectivity index (χ1) is 8.64. The van der Waals surface area contributed by atoms with E-state index in [9.17, 15) is 8.42 Å². The van der Waals surface area contributed by atoms with Crippen LogP contribution in [0.5, 0.6) is 0 Å². The Bertz CT molecular complexity index is 479. The number of ether oxygens (including phenoxy) is 1. The smallest absolute Gasteiger partial charge is 0.244 e. The Labute approximate surface area is 107 Å². The van der Waals surface area contributed by atoms with Gasteiger partial charge < -0.3 is 10.5 Å². The third-order valence-corrected chi connectivity index (χ3v) is 4.71. The zero-order chi connectivity index (χ0) is 13.0. The molecule has 7 heteroatoms. The highest BCUT2D eigenvalue weighted by atomic mass is 32.2. The first kappa shape index (κ1) is 13.4. The van der Waals surface area contributed by atoms with Crippen molar-refractivity contribution in [3.05, 3.63) is 24.0 Å². The molecule has 1 saturated heterocycles. The van der Waals surface area contributed by atoms with Crippen LogP contribution in [-0.2, 0) is 21.3 Å². The van der Waals surface area contributed by atoms with Crippen LogP contribution >= 0.6 is 0 Å². The fourth-order valence-corrected chi connectivity index (χ4v) is 3.21. The zero-order valence-corrected chi connectivity index (χ0v) is 10.9. The Balaban J connectivity index is 2.22. The zero-order valence-electron chi connectivity index (χ0n) is 10.1. The summed E-state index contributed by atoms with van der Waals surface area (Å²) in [6.07, 6.45) is 2.08. The lowest BCUT2D eigenvalue weighted by Crippen LogP contribution is -2.33. The van der Waals surface area contributed by atoms with E-state index < -0.39 is 10.0 Å². The van der Waals surface area contributed by atoms with Crippen LogP contribution in [-0.4, -0.2) is 44.0 Å². The van der Waals surface area contributed by atoms with Crippen molar-refractivity contribution in [1.82, 2.24) is 9.29 Å². The Morgan fingerprint density at radius 3 is 2.83 bits per heavy atom. The minimum absolute atomic E-state index is 0.210. The van der Waals surface area contributed by atoms with Gasteiger partial charge in [-0.2, -0.15) is 4.31 Å². The van der Waals surface area contributed by atoms with Gasteiger partial charge in [-0.05, 0) is 18.6 Å². The van der Waals surface area contributed by atoms with E-state index in [1.165, 1.54) is 10.5 Å². The molecule has 1 aliphatic heterocycles. The quantitative estimate of drug-likeness (QED) is 0.833. The highest BCUT2D eigenvalue weighted by molar-refractivity contribution is 7.89. The predicted molar refractivity (Wildman–Crippen MR) is 66.3 cm³/mol. The lowest BCUT2D eigenvalue weighted by molar-refractivity contribution is 0.148. The molecule has 0 unspecified atom stereocenters. The van der Waals surface area contributed by atoms with Crippen molar-refractivity contribution in [2.45, 2.75) is 17.9 Å². The van der Waals surface area contributed by atoms with Gasteiger partial charge in [0.05, 0.1) is 12.3 Å². The van der Waals surface area contributed by atoms with Crippen LogP contribution in [0, 0.1) is 0 Å². The molecule has 1 aromatic rings. The number of hydrogen-bond acceptors (Lipinski definition) is 5. The average Bonchev–Trinajstić information content (AvgIpc) is 2.68. The second-order valence-electron chi connectivity index (χ2n) is 4.06. The molecule has 2 rings (SSSR count). The molecule has 0 amide bonds. The van der Waals surface area contributed by atoms with E-state index in [1.54, 1.807) is 12.1 Å². The summed E-state index contributed by atoms with van der Waals surface area (Å²) < 4.78 is 31.4. The van der Waals surface area contributed by atoms with Crippen LogP contribution < -0.4 is 5.73 Å². The molecule has 1 aliphatic rings. The van der Waals surface area contributed by atoms with Crippen molar-refractivity contribution >= 4 is 10.0 Å². The van der Waals surface area contributed by atoms with E-state index in [0.29, 0.717) is 45.0 Å². The second kappa shape index (κ2) is 5.75. The van der Waals surface area contributed by atoms with Gasteiger partial charge in [0.1, 0.15) is 4.90 Å². The molecule has 0 bridgehead atoms. The van der Waals surface area contributed by atoms with E-state index in [2.05, 4.69) is 4.98 Å². The van der Waals surface area contributed by atoms with Crippen LogP contribution in [0.3, 0.4) is 0 Å². The summed E-state index contributed by atoms with van der Waals surface area (Å²) >= 11 is 0. The minimum atomic E-state index is -3.46. The minimum Gasteiger partial charge on any atom is -0.380 e. The summed E-state index contributed by atoms with van der Waals surface area (Å²) in [5.74, 6) is 0. The molecule has 1 fully saturated rings. The summed E-state index contributed by atoms with van der Waals surface area (Å²) in [6.45, 7) is 2.23. The lowest BCUT2D eigenvalue weighted by Gasteiger charge is -2.19. The molecule has 0 saturated carbocycles. The molecule has 0 aliphatic carbocycles. The Kier molecular flexibility index (Phi) is 4.28. The highest BCUT2D eigenvalue weighted by Gasteiger charge is 2.25. The van der Waals surface area contributed by atoms with E-state index in [1.807, 2.05) is 0 Å². The van der Waals surface area contributed by atoms with Crippen molar-refractivity contribution in [1.29, 1.82) is 0 Å². The number of pyridine rings is 1. The molecule has 0 spiro atoms. The summed E-state index contributed by atoms with van der Waals surface area (Å²) in [5.41, 5.74) is 6.11. The van der Waals surface area contributed by atoms with Crippen LogP contribution in [0.1, 0.15) is 12.1 Å². The normalized spacial score (nSPS) is 18.5. The van der Waals surface area contributed by atoms with Crippen molar-refractivity contribution in [2.24, 2.45) is 5.73 Å². The molecule has 2 heterocycles. The molecule has 0 aromatic carbocycles. The fourth-order valence-electron chi connectivity index (χ4n) is 1.80. The average molecular weight is 271 g/mol. The monoisotopic (exact) mass is 271 g/mol. The van der Waals surface area contributed by atoms with Gasteiger partial charge in [-0.25, -0.2) is 8.42 Å². The first-order valence-corrected chi connectivity index (χ1v) is 7.31. The van der Waals surface area contributed by atoms with Gasteiger partial charge in [0.25, 0.3) is 0 Å². The van der Waals surface area contributed by atoms with Crippen LogP contribution in [0.2, 0.25) is 0 Å². The third kappa shape index (κ3) is 2.86. The van der Waals surface area contributed by atoms with Gasteiger partial charge in [-0.1, -0.05) is 0 Å². The van der Waals surface area contributed by atoms with E-state index >= 15 is 0 Å². The number of sulfonamides is 1. The van der Waals surface area contributed by atoms with Gasteiger partial charge in [0, 0.05) is 32.4 Å². The number of aromatic nitrogens is 1. The molecule has 0 atom stereocenters. The molecule has 2 N–H and O–H groups in total. The van der Waals surface area contributed by atoms with Crippen LogP contribution in [0.25, 0.3) is 0 Å². The van der Waals surface area contributed by atoms with Gasteiger partial charge in [-0.15, -0.1) is 0 Å².